The van der Waals surface area contributed by atoms with Crippen molar-refractivity contribution in [3.63, 3.8) is 0 Å². The largest absolute Gasteiger partial charge is 0.481 e. The van der Waals surface area contributed by atoms with Crippen molar-refractivity contribution in [2.24, 2.45) is 5.41 Å². The summed E-state index contributed by atoms with van der Waals surface area (Å²) in [4.78, 5) is 25.2. The predicted octanol–water partition coefficient (Wildman–Crippen LogP) is 1.53. The van der Waals surface area contributed by atoms with Crippen LogP contribution in [0.15, 0.2) is 0 Å². The van der Waals surface area contributed by atoms with Gasteiger partial charge in [0.15, 0.2) is 0 Å². The zero-order chi connectivity index (χ0) is 15.7. The van der Waals surface area contributed by atoms with Crippen molar-refractivity contribution in [1.82, 2.24) is 4.90 Å². The number of ether oxygens (including phenoxy) is 2. The molecule has 1 atom stereocenters. The second-order valence-electron chi connectivity index (χ2n) is 5.70. The molecule has 0 spiro atoms. The molecule has 1 N–H and O–H groups in total. The van der Waals surface area contributed by atoms with Crippen LogP contribution >= 0.6 is 0 Å². The van der Waals surface area contributed by atoms with E-state index in [1.54, 1.807) is 4.90 Å². The lowest BCUT2D eigenvalue weighted by Crippen LogP contribution is -2.52. The maximum absolute atomic E-state index is 12.1. The quantitative estimate of drug-likeness (QED) is 0.654. The first-order valence-electron chi connectivity index (χ1n) is 7.63. The van der Waals surface area contributed by atoms with E-state index in [1.807, 2.05) is 0 Å². The standard InChI is InChI=1S/C15H27NO5/c1-3-4-5-9-21-10-13(17)16-8-6-7-15(11-16,12-20-2)14(18)19/h3-12H2,1-2H3,(H,18,19). The fourth-order valence-electron chi connectivity index (χ4n) is 2.68. The van der Waals surface area contributed by atoms with Crippen molar-refractivity contribution in [3.05, 3.63) is 0 Å². The van der Waals surface area contributed by atoms with Crippen LogP contribution in [0.4, 0.5) is 0 Å². The number of unbranched alkanes of at least 4 members (excludes halogenated alkanes) is 2. The Labute approximate surface area is 126 Å². The minimum absolute atomic E-state index is 0.0341. The molecule has 0 aromatic rings. The molecule has 1 aliphatic rings. The van der Waals surface area contributed by atoms with Crippen LogP contribution in [0.5, 0.6) is 0 Å². The van der Waals surface area contributed by atoms with Gasteiger partial charge in [-0.05, 0) is 19.3 Å². The zero-order valence-corrected chi connectivity index (χ0v) is 13.1. The first-order valence-corrected chi connectivity index (χ1v) is 7.63. The molecule has 122 valence electrons. The number of nitrogens with zero attached hydrogens (tertiary/aromatic N) is 1. The highest BCUT2D eigenvalue weighted by molar-refractivity contribution is 5.80. The molecule has 1 unspecified atom stereocenters. The second-order valence-corrected chi connectivity index (χ2v) is 5.70. The number of methoxy groups -OCH3 is 1. The summed E-state index contributed by atoms with van der Waals surface area (Å²) in [5, 5.41) is 9.44. The number of carbonyl (C=O) groups excluding carboxylic acids is 1. The molecule has 6 heteroatoms. The third-order valence-electron chi connectivity index (χ3n) is 3.92. The van der Waals surface area contributed by atoms with E-state index in [9.17, 15) is 14.7 Å². The van der Waals surface area contributed by atoms with Crippen LogP contribution in [0.3, 0.4) is 0 Å². The Bertz CT molecular complexity index is 343. The Morgan fingerprint density at radius 3 is 2.71 bits per heavy atom. The molecule has 6 nitrogen and oxygen atoms in total. The molecule has 1 amide bonds. The van der Waals surface area contributed by atoms with E-state index < -0.39 is 11.4 Å². The minimum Gasteiger partial charge on any atom is -0.481 e. The number of piperidine rings is 1. The number of carboxylic acid groups (broad SMARTS) is 1. The summed E-state index contributed by atoms with van der Waals surface area (Å²) >= 11 is 0. The van der Waals surface area contributed by atoms with Gasteiger partial charge in [0.2, 0.25) is 5.91 Å². The van der Waals surface area contributed by atoms with Crippen molar-refractivity contribution >= 4 is 11.9 Å². The Hall–Kier alpha value is -1.14. The normalized spacial score (nSPS) is 22.3. The summed E-state index contributed by atoms with van der Waals surface area (Å²) in [6.45, 7) is 3.65. The van der Waals surface area contributed by atoms with Crippen LogP contribution in [0.25, 0.3) is 0 Å². The fourth-order valence-corrected chi connectivity index (χ4v) is 2.68. The molecular weight excluding hydrogens is 274 g/mol. The average Bonchev–Trinajstić information content (AvgIpc) is 2.47. The Morgan fingerprint density at radius 1 is 1.33 bits per heavy atom. The van der Waals surface area contributed by atoms with Gasteiger partial charge in [0.05, 0.1) is 6.61 Å². The van der Waals surface area contributed by atoms with Gasteiger partial charge in [-0.3, -0.25) is 9.59 Å². The number of carbonyl (C=O) groups is 2. The number of likely N-dealkylation sites (tertiary alicyclic amines) is 1. The van der Waals surface area contributed by atoms with Crippen molar-refractivity contribution in [1.29, 1.82) is 0 Å². The monoisotopic (exact) mass is 301 g/mol. The van der Waals surface area contributed by atoms with E-state index in [0.717, 1.165) is 19.3 Å². The Morgan fingerprint density at radius 2 is 2.10 bits per heavy atom. The SMILES string of the molecule is CCCCCOCC(=O)N1CCCC(COC)(C(=O)O)C1. The van der Waals surface area contributed by atoms with Gasteiger partial charge in [-0.15, -0.1) is 0 Å². The van der Waals surface area contributed by atoms with Gasteiger partial charge in [0.1, 0.15) is 12.0 Å². The van der Waals surface area contributed by atoms with Crippen molar-refractivity contribution in [3.8, 4) is 0 Å². The van der Waals surface area contributed by atoms with Crippen LogP contribution in [0.2, 0.25) is 0 Å². The van der Waals surface area contributed by atoms with Gasteiger partial charge in [0.25, 0.3) is 0 Å². The van der Waals surface area contributed by atoms with E-state index in [1.165, 1.54) is 7.11 Å². The van der Waals surface area contributed by atoms with Gasteiger partial charge >= 0.3 is 5.97 Å². The predicted molar refractivity (Wildman–Crippen MR) is 78.1 cm³/mol. The third kappa shape index (κ3) is 5.28. The number of carboxylic acids is 1. The van der Waals surface area contributed by atoms with Crippen LogP contribution in [0, 0.1) is 5.41 Å². The zero-order valence-electron chi connectivity index (χ0n) is 13.1. The van der Waals surface area contributed by atoms with Gasteiger partial charge in [-0.1, -0.05) is 19.8 Å². The van der Waals surface area contributed by atoms with E-state index in [4.69, 9.17) is 9.47 Å². The maximum atomic E-state index is 12.1. The number of amides is 1. The van der Waals surface area contributed by atoms with Crippen molar-refractivity contribution in [2.75, 3.05) is 40.0 Å². The minimum atomic E-state index is -0.981. The van der Waals surface area contributed by atoms with Gasteiger partial charge in [0, 0.05) is 26.8 Å². The molecule has 1 saturated heterocycles. The third-order valence-corrected chi connectivity index (χ3v) is 3.92. The molecule has 21 heavy (non-hydrogen) atoms. The van der Waals surface area contributed by atoms with Crippen molar-refractivity contribution < 1.29 is 24.2 Å². The smallest absolute Gasteiger partial charge is 0.313 e. The molecule has 0 aromatic heterocycles. The Kier molecular flexibility index (Phi) is 7.67. The molecular formula is C15H27NO5. The van der Waals surface area contributed by atoms with Gasteiger partial charge < -0.3 is 19.5 Å². The van der Waals surface area contributed by atoms with Crippen molar-refractivity contribution in [2.45, 2.75) is 39.0 Å². The highest BCUT2D eigenvalue weighted by Gasteiger charge is 2.43. The highest BCUT2D eigenvalue weighted by atomic mass is 16.5. The number of aliphatic carboxylic acids is 1. The van der Waals surface area contributed by atoms with Gasteiger partial charge in [-0.2, -0.15) is 0 Å². The summed E-state index contributed by atoms with van der Waals surface area (Å²) in [7, 11) is 1.49. The topological polar surface area (TPSA) is 76.1 Å². The van der Waals surface area contributed by atoms with E-state index in [-0.39, 0.29) is 25.7 Å². The second kappa shape index (κ2) is 9.00. The van der Waals surface area contributed by atoms with Crippen LogP contribution in [-0.2, 0) is 19.1 Å². The molecule has 0 radical (unpaired) electrons. The first kappa shape index (κ1) is 17.9. The van der Waals surface area contributed by atoms with E-state index in [0.29, 0.717) is 26.0 Å². The summed E-state index contributed by atoms with van der Waals surface area (Å²) in [6.07, 6.45) is 4.37. The lowest BCUT2D eigenvalue weighted by atomic mass is 9.80. The fraction of sp³-hybridized carbons (Fsp3) is 0.867. The van der Waals surface area contributed by atoms with Gasteiger partial charge in [-0.25, -0.2) is 0 Å². The molecule has 1 aliphatic heterocycles. The highest BCUT2D eigenvalue weighted by Crippen LogP contribution is 2.30. The summed E-state index contributed by atoms with van der Waals surface area (Å²) in [6, 6.07) is 0. The Balaban J connectivity index is 2.47. The average molecular weight is 301 g/mol. The molecule has 1 fully saturated rings. The lowest BCUT2D eigenvalue weighted by molar-refractivity contribution is -0.160. The molecule has 0 bridgehead atoms. The first-order chi connectivity index (χ1) is 10.1. The van der Waals surface area contributed by atoms with Crippen LogP contribution < -0.4 is 0 Å². The summed E-state index contributed by atoms with van der Waals surface area (Å²) in [5.41, 5.74) is -0.981. The number of rotatable bonds is 9. The number of hydrogen-bond donors (Lipinski definition) is 1. The molecule has 0 saturated carbocycles. The lowest BCUT2D eigenvalue weighted by Gasteiger charge is -2.39. The molecule has 0 aromatic carbocycles. The molecule has 0 aliphatic carbocycles. The molecule has 1 heterocycles. The summed E-state index contributed by atoms with van der Waals surface area (Å²) < 4.78 is 10.4. The maximum Gasteiger partial charge on any atom is 0.313 e. The van der Waals surface area contributed by atoms with Crippen LogP contribution in [-0.4, -0.2) is 61.9 Å². The summed E-state index contributed by atoms with van der Waals surface area (Å²) in [5.74, 6) is -1.03. The number of hydrogen-bond acceptors (Lipinski definition) is 4. The van der Waals surface area contributed by atoms with Crippen LogP contribution in [0.1, 0.15) is 39.0 Å². The molecule has 1 rings (SSSR count). The van der Waals surface area contributed by atoms with E-state index >= 15 is 0 Å². The van der Waals surface area contributed by atoms with E-state index in [2.05, 4.69) is 6.92 Å².